The molecule has 0 spiro atoms. The topological polar surface area (TPSA) is 146 Å². The summed E-state index contributed by atoms with van der Waals surface area (Å²) >= 11 is 1.30. The summed E-state index contributed by atoms with van der Waals surface area (Å²) < 4.78 is 27.7. The fraction of sp³-hybridized carbons (Fsp3) is 0.346. The van der Waals surface area contributed by atoms with Crippen LogP contribution in [0.25, 0.3) is 0 Å². The molecule has 3 heterocycles. The van der Waals surface area contributed by atoms with E-state index in [0.717, 1.165) is 11.1 Å². The minimum absolute atomic E-state index is 0.0851. The average molecular weight is 541 g/mol. The van der Waals surface area contributed by atoms with Gasteiger partial charge in [-0.3, -0.25) is 9.59 Å². The van der Waals surface area contributed by atoms with E-state index in [-0.39, 0.29) is 55.0 Å². The number of cyclic esters (lactones) is 1. The molecule has 0 bridgehead atoms. The predicted molar refractivity (Wildman–Crippen MR) is 133 cm³/mol. The Morgan fingerprint density at radius 2 is 1.79 bits per heavy atom. The molecule has 12 heteroatoms. The van der Waals surface area contributed by atoms with Gasteiger partial charge in [-0.05, 0) is 41.0 Å². The van der Waals surface area contributed by atoms with Crippen LogP contribution in [0.15, 0.2) is 29.6 Å². The lowest BCUT2D eigenvalue weighted by Crippen LogP contribution is -2.37. The number of carbonyl (C=O) groups is 2. The summed E-state index contributed by atoms with van der Waals surface area (Å²) in [7, 11) is 2.90. The number of aliphatic carboxylic acids is 1. The number of carbonyl (C=O) groups excluding carboxylic acids is 1. The number of methoxy groups -OCH3 is 2. The van der Waals surface area contributed by atoms with Gasteiger partial charge in [-0.25, -0.2) is 4.98 Å². The monoisotopic (exact) mass is 540 g/mol. The van der Waals surface area contributed by atoms with Crippen molar-refractivity contribution in [2.45, 2.75) is 18.4 Å². The Balaban J connectivity index is 1.50. The van der Waals surface area contributed by atoms with E-state index in [2.05, 4.69) is 10.3 Å². The van der Waals surface area contributed by atoms with Crippen LogP contribution in [-0.4, -0.2) is 54.8 Å². The second kappa shape index (κ2) is 9.28. The fourth-order valence-electron chi connectivity index (χ4n) is 5.58. The predicted octanol–water partition coefficient (Wildman–Crippen LogP) is 3.31. The van der Waals surface area contributed by atoms with Gasteiger partial charge >= 0.3 is 11.9 Å². The molecule has 4 atom stereocenters. The molecule has 2 aliphatic heterocycles. The molecule has 6 rings (SSSR count). The molecule has 0 amide bonds. The Bertz CT molecular complexity index is 1410. The molecule has 1 aromatic heterocycles. The number of esters is 1. The van der Waals surface area contributed by atoms with Gasteiger partial charge in [-0.2, -0.15) is 0 Å². The Morgan fingerprint density at radius 1 is 1.11 bits per heavy atom. The Labute approximate surface area is 220 Å². The van der Waals surface area contributed by atoms with Gasteiger partial charge in [0.05, 0.1) is 44.9 Å². The number of aromatic nitrogens is 1. The number of anilines is 1. The maximum Gasteiger partial charge on any atom is 0.310 e. The summed E-state index contributed by atoms with van der Waals surface area (Å²) in [6, 6.07) is 6.81. The van der Waals surface area contributed by atoms with Gasteiger partial charge in [0.2, 0.25) is 12.5 Å². The Hall–Kier alpha value is -4.19. The van der Waals surface area contributed by atoms with E-state index >= 15 is 0 Å². The van der Waals surface area contributed by atoms with Crippen molar-refractivity contribution in [1.82, 2.24) is 4.98 Å². The second-order valence-corrected chi connectivity index (χ2v) is 10.1. The quantitative estimate of drug-likeness (QED) is 0.379. The van der Waals surface area contributed by atoms with Gasteiger partial charge < -0.3 is 39.2 Å². The van der Waals surface area contributed by atoms with Crippen LogP contribution in [-0.2, 0) is 20.7 Å². The molecule has 1 aliphatic carbocycles. The molecular weight excluding hydrogens is 516 g/mol. The number of hydrogen-bond acceptors (Lipinski definition) is 11. The van der Waals surface area contributed by atoms with Crippen LogP contribution >= 0.6 is 11.3 Å². The van der Waals surface area contributed by atoms with Crippen molar-refractivity contribution in [1.29, 1.82) is 0 Å². The zero-order valence-electron chi connectivity index (χ0n) is 20.4. The number of carboxylic acids is 1. The number of nitrogens with zero attached hydrogens (tertiary/aromatic N) is 1. The highest BCUT2D eigenvalue weighted by Crippen LogP contribution is 2.56. The van der Waals surface area contributed by atoms with Gasteiger partial charge in [-0.1, -0.05) is 0 Å². The number of phenols is 1. The van der Waals surface area contributed by atoms with Crippen molar-refractivity contribution < 1.29 is 43.5 Å². The third-order valence-electron chi connectivity index (χ3n) is 7.21. The van der Waals surface area contributed by atoms with Crippen LogP contribution in [0.4, 0.5) is 5.13 Å². The van der Waals surface area contributed by atoms with Gasteiger partial charge in [0.25, 0.3) is 0 Å². The van der Waals surface area contributed by atoms with Gasteiger partial charge in [0, 0.05) is 17.2 Å². The number of thiazole rings is 1. The summed E-state index contributed by atoms with van der Waals surface area (Å²) in [6.07, 6.45) is -0.182. The number of ether oxygens (including phenoxy) is 5. The molecule has 0 unspecified atom stereocenters. The fourth-order valence-corrected chi connectivity index (χ4v) is 6.33. The second-order valence-electron chi connectivity index (χ2n) is 9.24. The van der Waals surface area contributed by atoms with E-state index in [9.17, 15) is 14.7 Å². The third-order valence-corrected chi connectivity index (χ3v) is 8.03. The average Bonchev–Trinajstić information content (AvgIpc) is 3.63. The molecule has 38 heavy (non-hydrogen) atoms. The highest BCUT2D eigenvalue weighted by atomic mass is 32.1. The first-order chi connectivity index (χ1) is 18.4. The van der Waals surface area contributed by atoms with Crippen molar-refractivity contribution in [3.8, 4) is 28.7 Å². The van der Waals surface area contributed by atoms with E-state index in [1.54, 1.807) is 17.5 Å². The number of aromatic hydroxyl groups is 1. The highest BCUT2D eigenvalue weighted by molar-refractivity contribution is 7.13. The number of rotatable bonds is 7. The van der Waals surface area contributed by atoms with E-state index < -0.39 is 17.8 Å². The number of fused-ring (bicyclic) bond motifs is 3. The molecule has 3 N–H and O–H groups in total. The minimum Gasteiger partial charge on any atom is -0.502 e. The van der Waals surface area contributed by atoms with E-state index in [1.807, 2.05) is 12.1 Å². The molecule has 198 valence electrons. The lowest BCUT2D eigenvalue weighted by molar-refractivity contribution is -0.141. The van der Waals surface area contributed by atoms with Crippen molar-refractivity contribution >= 4 is 28.4 Å². The molecule has 2 aromatic carbocycles. The first kappa shape index (κ1) is 24.2. The van der Waals surface area contributed by atoms with E-state index in [0.29, 0.717) is 27.9 Å². The first-order valence-electron chi connectivity index (χ1n) is 11.9. The van der Waals surface area contributed by atoms with Gasteiger partial charge in [0.1, 0.15) is 0 Å². The summed E-state index contributed by atoms with van der Waals surface area (Å²) in [5.74, 6) is -1.15. The van der Waals surface area contributed by atoms with Crippen molar-refractivity contribution in [2.75, 3.05) is 32.9 Å². The van der Waals surface area contributed by atoms with Crippen LogP contribution < -0.4 is 24.3 Å². The number of carboxylic acid groups (broad SMARTS) is 1. The number of benzene rings is 2. The summed E-state index contributed by atoms with van der Waals surface area (Å²) in [4.78, 5) is 28.8. The van der Waals surface area contributed by atoms with Crippen LogP contribution in [0.2, 0.25) is 0 Å². The zero-order chi connectivity index (χ0) is 26.6. The molecule has 1 fully saturated rings. The van der Waals surface area contributed by atoms with Crippen LogP contribution in [0.5, 0.6) is 28.7 Å². The van der Waals surface area contributed by atoms with Crippen LogP contribution in [0, 0.1) is 11.8 Å². The number of nitrogens with one attached hydrogen (secondary N) is 1. The molecular formula is C26H24N2O9S. The summed E-state index contributed by atoms with van der Waals surface area (Å²) in [5, 5.41) is 25.3. The van der Waals surface area contributed by atoms with E-state index in [4.69, 9.17) is 28.8 Å². The largest absolute Gasteiger partial charge is 0.502 e. The van der Waals surface area contributed by atoms with Gasteiger partial charge in [-0.15, -0.1) is 11.3 Å². The molecule has 3 aliphatic rings. The number of hydrogen-bond donors (Lipinski definition) is 3. The standard InChI is InChI=1S/C26H24N2O9S/c1-33-18-3-11(4-19(34-2)24(18)31)21-13-6-16-17(37-10-36-16)7-14(13)23(15-8-35-25(32)22(15)21)28-26-27-12(9-38-26)5-20(29)30/h3-4,6-7,9,15,21-23,31H,5,8,10H2,1-2H3,(H,27,28)(H,29,30)/t15-,21+,22-,23+/m0/s1. The maximum absolute atomic E-state index is 13.2. The molecule has 1 saturated heterocycles. The van der Waals surface area contributed by atoms with Crippen molar-refractivity contribution in [3.05, 3.63) is 52.0 Å². The van der Waals surface area contributed by atoms with E-state index in [1.165, 1.54) is 25.6 Å². The molecule has 3 aromatic rings. The van der Waals surface area contributed by atoms with Crippen LogP contribution in [0.1, 0.15) is 34.3 Å². The SMILES string of the molecule is COc1cc([C@@H]2c3cc4c(cc3[C@@H](Nc3nc(CC(=O)O)cs3)[C@H]3COC(=O)[C@H]23)OCO4)cc(OC)c1O. The Morgan fingerprint density at radius 3 is 2.45 bits per heavy atom. The lowest BCUT2D eigenvalue weighted by Gasteiger charge is -2.39. The third kappa shape index (κ3) is 3.92. The minimum atomic E-state index is -0.963. The zero-order valence-corrected chi connectivity index (χ0v) is 21.2. The van der Waals surface area contributed by atoms with Crippen molar-refractivity contribution in [2.24, 2.45) is 11.8 Å². The molecule has 0 radical (unpaired) electrons. The number of phenolic OH excluding ortho intramolecular Hbond substituents is 1. The van der Waals surface area contributed by atoms with Crippen molar-refractivity contribution in [3.63, 3.8) is 0 Å². The summed E-state index contributed by atoms with van der Waals surface area (Å²) in [6.45, 7) is 0.271. The van der Waals surface area contributed by atoms with Crippen LogP contribution in [0.3, 0.4) is 0 Å². The molecule has 11 nitrogen and oxygen atoms in total. The van der Waals surface area contributed by atoms with Gasteiger partial charge in [0.15, 0.2) is 28.1 Å². The summed E-state index contributed by atoms with van der Waals surface area (Å²) in [5.41, 5.74) is 2.86. The normalized spacial score (nSPS) is 22.8. The highest BCUT2D eigenvalue weighted by Gasteiger charge is 2.53. The lowest BCUT2D eigenvalue weighted by atomic mass is 9.65. The first-order valence-corrected chi connectivity index (χ1v) is 12.7. The smallest absolute Gasteiger partial charge is 0.310 e. The maximum atomic E-state index is 13.2. The molecule has 0 saturated carbocycles. The Kier molecular flexibility index (Phi) is 5.90.